The summed E-state index contributed by atoms with van der Waals surface area (Å²) < 4.78 is 0. The van der Waals surface area contributed by atoms with E-state index in [-0.39, 0.29) is 5.91 Å². The number of halogens is 1. The molecule has 1 amide bonds. The highest BCUT2D eigenvalue weighted by Gasteiger charge is 2.25. The van der Waals surface area contributed by atoms with Crippen molar-refractivity contribution in [2.75, 3.05) is 13.1 Å². The fourth-order valence-electron chi connectivity index (χ4n) is 1.92. The van der Waals surface area contributed by atoms with E-state index in [2.05, 4.69) is 4.98 Å². The SMILES string of the molecule is O=C(C(Cl)c1cncs1)N1CCCCCC1. The molecule has 1 aromatic heterocycles. The highest BCUT2D eigenvalue weighted by atomic mass is 35.5. The van der Waals surface area contributed by atoms with Gasteiger partial charge in [0.15, 0.2) is 0 Å². The summed E-state index contributed by atoms with van der Waals surface area (Å²) in [5.74, 6) is 0.0350. The molecule has 0 aromatic carbocycles. The van der Waals surface area contributed by atoms with Crippen molar-refractivity contribution in [3.63, 3.8) is 0 Å². The molecule has 0 N–H and O–H groups in total. The van der Waals surface area contributed by atoms with E-state index in [0.29, 0.717) is 0 Å². The smallest absolute Gasteiger partial charge is 0.246 e. The van der Waals surface area contributed by atoms with Gasteiger partial charge >= 0.3 is 0 Å². The number of hydrogen-bond acceptors (Lipinski definition) is 3. The van der Waals surface area contributed by atoms with Crippen molar-refractivity contribution in [2.45, 2.75) is 31.1 Å². The zero-order valence-electron chi connectivity index (χ0n) is 9.06. The Kier molecular flexibility index (Phi) is 4.18. The number of carbonyl (C=O) groups excluding carboxylic acids is 1. The standard InChI is InChI=1S/C11H15ClN2OS/c12-10(9-7-13-8-16-9)11(15)14-5-3-1-2-4-6-14/h7-8,10H,1-6H2. The first-order valence-electron chi connectivity index (χ1n) is 5.60. The molecule has 0 radical (unpaired) electrons. The Bertz CT molecular complexity index is 334. The van der Waals surface area contributed by atoms with E-state index in [1.807, 2.05) is 4.90 Å². The lowest BCUT2D eigenvalue weighted by Crippen LogP contribution is -2.34. The monoisotopic (exact) mass is 258 g/mol. The predicted molar refractivity (Wildman–Crippen MR) is 65.8 cm³/mol. The Morgan fingerprint density at radius 2 is 2.06 bits per heavy atom. The number of thiazole rings is 1. The fraction of sp³-hybridized carbons (Fsp3) is 0.636. The van der Waals surface area contributed by atoms with Crippen LogP contribution in [0.5, 0.6) is 0 Å². The van der Waals surface area contributed by atoms with Gasteiger partial charge in [0.1, 0.15) is 5.38 Å². The molecule has 0 aliphatic carbocycles. The molecule has 1 aromatic rings. The van der Waals surface area contributed by atoms with Crippen LogP contribution in [-0.2, 0) is 4.79 Å². The molecule has 1 aliphatic rings. The molecule has 3 nitrogen and oxygen atoms in total. The third-order valence-electron chi connectivity index (χ3n) is 2.84. The minimum absolute atomic E-state index is 0.0350. The van der Waals surface area contributed by atoms with Crippen molar-refractivity contribution in [2.24, 2.45) is 0 Å². The molecule has 1 aliphatic heterocycles. The van der Waals surface area contributed by atoms with Gasteiger partial charge < -0.3 is 4.90 Å². The number of rotatable bonds is 2. The molecular weight excluding hydrogens is 244 g/mol. The van der Waals surface area contributed by atoms with Gasteiger partial charge in [0.05, 0.1) is 10.4 Å². The average Bonchev–Trinajstić information content (AvgIpc) is 2.70. The van der Waals surface area contributed by atoms with Gasteiger partial charge in [-0.3, -0.25) is 9.78 Å². The number of likely N-dealkylation sites (tertiary alicyclic amines) is 1. The number of hydrogen-bond donors (Lipinski definition) is 0. The summed E-state index contributed by atoms with van der Waals surface area (Å²) in [5.41, 5.74) is 1.71. The quantitative estimate of drug-likeness (QED) is 0.765. The van der Waals surface area contributed by atoms with Gasteiger partial charge in [-0.2, -0.15) is 0 Å². The zero-order chi connectivity index (χ0) is 11.4. The summed E-state index contributed by atoms with van der Waals surface area (Å²) in [7, 11) is 0. The number of carbonyl (C=O) groups is 1. The van der Waals surface area contributed by atoms with E-state index in [1.165, 1.54) is 24.2 Å². The first-order valence-corrected chi connectivity index (χ1v) is 6.92. The van der Waals surface area contributed by atoms with Crippen molar-refractivity contribution >= 4 is 28.8 Å². The Morgan fingerprint density at radius 1 is 1.38 bits per heavy atom. The molecule has 1 saturated heterocycles. The van der Waals surface area contributed by atoms with Crippen LogP contribution in [-0.4, -0.2) is 28.9 Å². The predicted octanol–water partition coefficient (Wildman–Crippen LogP) is 2.83. The molecule has 1 fully saturated rings. The minimum Gasteiger partial charge on any atom is -0.341 e. The molecule has 5 heteroatoms. The van der Waals surface area contributed by atoms with Crippen LogP contribution in [0.4, 0.5) is 0 Å². The number of nitrogens with zero attached hydrogens (tertiary/aromatic N) is 2. The van der Waals surface area contributed by atoms with Crippen molar-refractivity contribution in [3.8, 4) is 0 Å². The average molecular weight is 259 g/mol. The van der Waals surface area contributed by atoms with Crippen LogP contribution < -0.4 is 0 Å². The van der Waals surface area contributed by atoms with Crippen molar-refractivity contribution < 1.29 is 4.79 Å². The maximum atomic E-state index is 12.1. The van der Waals surface area contributed by atoms with Crippen LogP contribution in [0.25, 0.3) is 0 Å². The first kappa shape index (κ1) is 11.9. The summed E-state index contributed by atoms with van der Waals surface area (Å²) in [5, 5.41) is -0.550. The first-order chi connectivity index (χ1) is 7.79. The van der Waals surface area contributed by atoms with E-state index < -0.39 is 5.38 Å². The molecule has 0 spiro atoms. The van der Waals surface area contributed by atoms with Gasteiger partial charge in [-0.05, 0) is 12.8 Å². The lowest BCUT2D eigenvalue weighted by atomic mass is 10.2. The maximum Gasteiger partial charge on any atom is 0.246 e. The summed E-state index contributed by atoms with van der Waals surface area (Å²) >= 11 is 7.60. The molecule has 88 valence electrons. The van der Waals surface area contributed by atoms with E-state index in [9.17, 15) is 4.79 Å². The van der Waals surface area contributed by atoms with E-state index in [4.69, 9.17) is 11.6 Å². The van der Waals surface area contributed by atoms with Gasteiger partial charge in [-0.15, -0.1) is 22.9 Å². The van der Waals surface area contributed by atoms with Crippen LogP contribution >= 0.6 is 22.9 Å². The zero-order valence-corrected chi connectivity index (χ0v) is 10.6. The fourth-order valence-corrected chi connectivity index (χ4v) is 2.86. The molecule has 1 atom stereocenters. The Balaban J connectivity index is 2.00. The highest BCUT2D eigenvalue weighted by Crippen LogP contribution is 2.26. The lowest BCUT2D eigenvalue weighted by molar-refractivity contribution is -0.130. The normalized spacial score (nSPS) is 19.2. The second kappa shape index (κ2) is 5.64. The molecular formula is C11H15ClN2OS. The molecule has 2 heterocycles. The van der Waals surface area contributed by atoms with Crippen molar-refractivity contribution in [1.82, 2.24) is 9.88 Å². The molecule has 1 unspecified atom stereocenters. The summed E-state index contributed by atoms with van der Waals surface area (Å²) in [6, 6.07) is 0. The van der Waals surface area contributed by atoms with E-state index >= 15 is 0 Å². The Labute approximate surface area is 104 Å². The Morgan fingerprint density at radius 3 is 2.62 bits per heavy atom. The van der Waals surface area contributed by atoms with Gasteiger partial charge in [0.2, 0.25) is 5.91 Å². The summed E-state index contributed by atoms with van der Waals surface area (Å²) in [6.45, 7) is 1.70. The third kappa shape index (κ3) is 2.74. The number of amides is 1. The van der Waals surface area contributed by atoms with Crippen LogP contribution in [0.3, 0.4) is 0 Å². The van der Waals surface area contributed by atoms with Gasteiger partial charge in [0, 0.05) is 19.3 Å². The minimum atomic E-state index is -0.550. The van der Waals surface area contributed by atoms with Crippen molar-refractivity contribution in [3.05, 3.63) is 16.6 Å². The largest absolute Gasteiger partial charge is 0.341 e. The van der Waals surface area contributed by atoms with Crippen LogP contribution in [0.2, 0.25) is 0 Å². The Hall–Kier alpha value is -0.610. The van der Waals surface area contributed by atoms with Gasteiger partial charge in [0.25, 0.3) is 0 Å². The van der Waals surface area contributed by atoms with Crippen LogP contribution in [0.1, 0.15) is 35.9 Å². The lowest BCUT2D eigenvalue weighted by Gasteiger charge is -2.22. The molecule has 0 bridgehead atoms. The number of alkyl halides is 1. The second-order valence-electron chi connectivity index (χ2n) is 4.01. The van der Waals surface area contributed by atoms with Crippen LogP contribution in [0.15, 0.2) is 11.7 Å². The van der Waals surface area contributed by atoms with E-state index in [1.54, 1.807) is 11.7 Å². The highest BCUT2D eigenvalue weighted by molar-refractivity contribution is 7.10. The van der Waals surface area contributed by atoms with E-state index in [0.717, 1.165) is 30.8 Å². The third-order valence-corrected chi connectivity index (χ3v) is 4.23. The number of aromatic nitrogens is 1. The summed E-state index contributed by atoms with van der Waals surface area (Å²) in [6.07, 6.45) is 6.31. The second-order valence-corrected chi connectivity index (χ2v) is 5.36. The van der Waals surface area contributed by atoms with Gasteiger partial charge in [-0.1, -0.05) is 12.8 Å². The maximum absolute atomic E-state index is 12.1. The molecule has 16 heavy (non-hydrogen) atoms. The topological polar surface area (TPSA) is 33.2 Å². The van der Waals surface area contributed by atoms with Crippen LogP contribution in [0, 0.1) is 0 Å². The van der Waals surface area contributed by atoms with Crippen molar-refractivity contribution in [1.29, 1.82) is 0 Å². The van der Waals surface area contributed by atoms with Gasteiger partial charge in [-0.25, -0.2) is 0 Å². The summed E-state index contributed by atoms with van der Waals surface area (Å²) in [4.78, 5) is 18.8. The molecule has 0 saturated carbocycles. The molecule has 2 rings (SSSR count).